The molecule has 33 heavy (non-hydrogen) atoms. The van der Waals surface area contributed by atoms with Gasteiger partial charge in [0.1, 0.15) is 0 Å². The molecular weight excluding hydrogens is 416 g/mol. The maximum atomic E-state index is 13.4. The van der Waals surface area contributed by atoms with Crippen LogP contribution < -0.4 is 9.80 Å². The van der Waals surface area contributed by atoms with Crippen molar-refractivity contribution in [1.29, 1.82) is 0 Å². The normalized spacial score (nSPS) is 27.3. The maximum absolute atomic E-state index is 13.4. The van der Waals surface area contributed by atoms with Crippen LogP contribution in [0.3, 0.4) is 0 Å². The van der Waals surface area contributed by atoms with Crippen LogP contribution in [0.25, 0.3) is 0 Å². The Bertz CT molecular complexity index is 1230. The fraction of sp³-hybridized carbons (Fsp3) is 0.333. The molecular formula is C27H26N2O4. The Morgan fingerprint density at radius 2 is 1.24 bits per heavy atom. The molecule has 2 saturated heterocycles. The van der Waals surface area contributed by atoms with Gasteiger partial charge in [0.15, 0.2) is 0 Å². The molecule has 168 valence electrons. The molecule has 2 aromatic carbocycles. The number of carbonyl (C=O) groups excluding carboxylic acids is 4. The number of hydrogen-bond acceptors (Lipinski definition) is 4. The first-order chi connectivity index (χ1) is 15.8. The van der Waals surface area contributed by atoms with E-state index in [0.29, 0.717) is 17.8 Å². The van der Waals surface area contributed by atoms with Gasteiger partial charge < -0.3 is 0 Å². The van der Waals surface area contributed by atoms with Crippen LogP contribution in [0.2, 0.25) is 0 Å². The lowest BCUT2D eigenvalue weighted by Crippen LogP contribution is -2.35. The van der Waals surface area contributed by atoms with Crippen molar-refractivity contribution < 1.29 is 19.2 Å². The van der Waals surface area contributed by atoms with Gasteiger partial charge in [0.25, 0.3) is 0 Å². The molecule has 0 saturated carbocycles. The van der Waals surface area contributed by atoms with Crippen LogP contribution in [0, 0.1) is 37.5 Å². The topological polar surface area (TPSA) is 74.8 Å². The van der Waals surface area contributed by atoms with Gasteiger partial charge in [0.05, 0.1) is 29.1 Å². The van der Waals surface area contributed by atoms with Gasteiger partial charge in [-0.2, -0.15) is 0 Å². The van der Waals surface area contributed by atoms with E-state index in [2.05, 4.69) is 0 Å². The lowest BCUT2D eigenvalue weighted by molar-refractivity contribution is -0.125. The molecule has 0 radical (unpaired) electrons. The van der Waals surface area contributed by atoms with Gasteiger partial charge in [-0.05, 0) is 56.4 Å². The molecule has 6 heteroatoms. The predicted octanol–water partition coefficient (Wildman–Crippen LogP) is 3.95. The second kappa shape index (κ2) is 7.80. The molecule has 1 aliphatic carbocycles. The molecule has 4 atom stereocenters. The summed E-state index contributed by atoms with van der Waals surface area (Å²) in [6.07, 6.45) is 2.45. The zero-order chi connectivity index (χ0) is 23.4. The Morgan fingerprint density at radius 3 is 1.85 bits per heavy atom. The third kappa shape index (κ3) is 3.24. The summed E-state index contributed by atoms with van der Waals surface area (Å²) in [4.78, 5) is 55.5. The van der Waals surface area contributed by atoms with E-state index >= 15 is 0 Å². The van der Waals surface area contributed by atoms with Gasteiger partial charge in [-0.3, -0.25) is 24.1 Å². The number of benzene rings is 2. The van der Waals surface area contributed by atoms with E-state index in [1.165, 1.54) is 9.80 Å². The number of anilines is 2. The molecule has 0 aromatic heterocycles. The maximum Gasteiger partial charge on any atom is 0.241 e. The third-order valence-corrected chi connectivity index (χ3v) is 7.33. The number of nitrogens with zero attached hydrogens (tertiary/aromatic N) is 2. The zero-order valence-corrected chi connectivity index (χ0v) is 18.9. The highest BCUT2D eigenvalue weighted by Gasteiger charge is 2.54. The van der Waals surface area contributed by atoms with Crippen LogP contribution in [0.5, 0.6) is 0 Å². The predicted molar refractivity (Wildman–Crippen MR) is 124 cm³/mol. The molecule has 6 nitrogen and oxygen atoms in total. The number of carbonyl (C=O) groups is 4. The molecule has 0 spiro atoms. The van der Waals surface area contributed by atoms with Crippen LogP contribution in [0.15, 0.2) is 60.2 Å². The SMILES string of the molecule is CC1=C[C@H]([C@H]2CC(=O)N(c3ccccc3C)C2=O)C[C@H]2C(=O)N(c3ccccc3C)C(=O)[C@H]12. The fourth-order valence-corrected chi connectivity index (χ4v) is 5.67. The largest absolute Gasteiger partial charge is 0.274 e. The summed E-state index contributed by atoms with van der Waals surface area (Å²) in [7, 11) is 0. The van der Waals surface area contributed by atoms with Crippen LogP contribution in [-0.4, -0.2) is 23.6 Å². The van der Waals surface area contributed by atoms with Crippen LogP contribution in [-0.2, 0) is 19.2 Å². The van der Waals surface area contributed by atoms with Gasteiger partial charge in [-0.25, -0.2) is 4.90 Å². The number of allylic oxidation sites excluding steroid dienone is 1. The highest BCUT2D eigenvalue weighted by Crippen LogP contribution is 2.46. The van der Waals surface area contributed by atoms with E-state index in [1.54, 1.807) is 12.1 Å². The number of aryl methyl sites for hydroxylation is 2. The quantitative estimate of drug-likeness (QED) is 0.533. The number of rotatable bonds is 3. The Hall–Kier alpha value is -3.54. The smallest absolute Gasteiger partial charge is 0.241 e. The Kier molecular flexibility index (Phi) is 5.04. The molecule has 0 bridgehead atoms. The summed E-state index contributed by atoms with van der Waals surface area (Å²) in [5, 5.41) is 0. The van der Waals surface area contributed by atoms with Gasteiger partial charge in [0, 0.05) is 6.42 Å². The van der Waals surface area contributed by atoms with Crippen LogP contribution >= 0.6 is 0 Å². The zero-order valence-electron chi connectivity index (χ0n) is 18.9. The Labute approximate surface area is 192 Å². The van der Waals surface area contributed by atoms with Crippen molar-refractivity contribution >= 4 is 35.0 Å². The monoisotopic (exact) mass is 442 g/mol. The third-order valence-electron chi connectivity index (χ3n) is 7.33. The molecule has 2 heterocycles. The molecule has 4 amide bonds. The second-order valence-electron chi connectivity index (χ2n) is 9.36. The lowest BCUT2D eigenvalue weighted by atomic mass is 9.71. The number of hydrogen-bond donors (Lipinski definition) is 0. The Balaban J connectivity index is 1.44. The molecule has 2 fully saturated rings. The first kappa shape index (κ1) is 21.3. The van der Waals surface area contributed by atoms with Gasteiger partial charge >= 0.3 is 0 Å². The minimum absolute atomic E-state index is 0.114. The highest BCUT2D eigenvalue weighted by atomic mass is 16.2. The summed E-state index contributed by atoms with van der Waals surface area (Å²) in [6.45, 7) is 5.62. The summed E-state index contributed by atoms with van der Waals surface area (Å²) in [5.41, 5.74) is 3.76. The van der Waals surface area contributed by atoms with Crippen molar-refractivity contribution in [2.45, 2.75) is 33.6 Å². The van der Waals surface area contributed by atoms with Crippen molar-refractivity contribution in [3.05, 3.63) is 71.3 Å². The minimum atomic E-state index is -0.525. The molecule has 5 rings (SSSR count). The van der Waals surface area contributed by atoms with Crippen molar-refractivity contribution in [2.24, 2.45) is 23.7 Å². The van der Waals surface area contributed by atoms with Crippen molar-refractivity contribution in [2.75, 3.05) is 9.80 Å². The van der Waals surface area contributed by atoms with Crippen LogP contribution in [0.4, 0.5) is 11.4 Å². The Morgan fingerprint density at radius 1 is 0.697 bits per heavy atom. The molecule has 3 aliphatic rings. The van der Waals surface area contributed by atoms with E-state index < -0.39 is 17.8 Å². The van der Waals surface area contributed by atoms with Crippen LogP contribution in [0.1, 0.15) is 30.9 Å². The first-order valence-electron chi connectivity index (χ1n) is 11.3. The first-order valence-corrected chi connectivity index (χ1v) is 11.3. The van der Waals surface area contributed by atoms with Gasteiger partial charge in [-0.15, -0.1) is 0 Å². The number of para-hydroxylation sites is 2. The molecule has 0 unspecified atom stereocenters. The number of amides is 4. The molecule has 0 N–H and O–H groups in total. The lowest BCUT2D eigenvalue weighted by Gasteiger charge is -2.30. The van der Waals surface area contributed by atoms with E-state index in [0.717, 1.165) is 16.7 Å². The van der Waals surface area contributed by atoms with Crippen molar-refractivity contribution in [1.82, 2.24) is 0 Å². The van der Waals surface area contributed by atoms with E-state index in [-0.39, 0.29) is 36.0 Å². The highest BCUT2D eigenvalue weighted by molar-refractivity contribution is 6.24. The standard InChI is InChI=1S/C27H26N2O4/c1-15-8-4-6-10-21(15)28-23(30)14-19(25(28)31)18-12-17(3)24-20(13-18)26(32)29(27(24)33)22-11-7-5-9-16(22)2/h4-12,18-20,24H,13-14H2,1-3H3/t18-,19+,20+,24+/m0/s1. The average Bonchev–Trinajstić information content (AvgIpc) is 3.22. The summed E-state index contributed by atoms with van der Waals surface area (Å²) in [5.74, 6) is -2.67. The van der Waals surface area contributed by atoms with E-state index in [1.807, 2.05) is 63.2 Å². The van der Waals surface area contributed by atoms with Gasteiger partial charge in [-0.1, -0.05) is 48.0 Å². The summed E-state index contributed by atoms with van der Waals surface area (Å²) >= 11 is 0. The number of imide groups is 2. The minimum Gasteiger partial charge on any atom is -0.274 e. The average molecular weight is 443 g/mol. The number of fused-ring (bicyclic) bond motifs is 1. The van der Waals surface area contributed by atoms with Crippen molar-refractivity contribution in [3.63, 3.8) is 0 Å². The van der Waals surface area contributed by atoms with E-state index in [9.17, 15) is 19.2 Å². The fourth-order valence-electron chi connectivity index (χ4n) is 5.67. The summed E-state index contributed by atoms with van der Waals surface area (Å²) in [6, 6.07) is 14.7. The van der Waals surface area contributed by atoms with Crippen molar-refractivity contribution in [3.8, 4) is 0 Å². The second-order valence-corrected chi connectivity index (χ2v) is 9.36. The molecule has 2 aliphatic heterocycles. The molecule has 2 aromatic rings. The van der Waals surface area contributed by atoms with E-state index in [4.69, 9.17) is 0 Å². The van der Waals surface area contributed by atoms with Gasteiger partial charge in [0.2, 0.25) is 23.6 Å². The summed E-state index contributed by atoms with van der Waals surface area (Å²) < 4.78 is 0.